The molecule has 1 heterocycles. The Kier molecular flexibility index (Phi) is 4.37. The summed E-state index contributed by atoms with van der Waals surface area (Å²) in [6.07, 6.45) is 3.75. The zero-order chi connectivity index (χ0) is 13.8. The van der Waals surface area contributed by atoms with Crippen LogP contribution in [0.1, 0.15) is 26.2 Å². The summed E-state index contributed by atoms with van der Waals surface area (Å²) >= 11 is 3.36. The highest BCUT2D eigenvalue weighted by Crippen LogP contribution is 2.20. The molecule has 0 aliphatic rings. The Bertz CT molecular complexity index is 664. The molecular formula is C14H15BrN2O2. The molecule has 0 saturated carbocycles. The molecule has 2 N–H and O–H groups in total. The summed E-state index contributed by atoms with van der Waals surface area (Å²) in [6, 6.07) is 5.48. The highest BCUT2D eigenvalue weighted by Gasteiger charge is 2.10. The zero-order valence-electron chi connectivity index (χ0n) is 10.6. The number of rotatable bonds is 4. The number of benzene rings is 1. The first-order chi connectivity index (χ1) is 9.13. The number of halogens is 1. The van der Waals surface area contributed by atoms with E-state index in [2.05, 4.69) is 26.2 Å². The van der Waals surface area contributed by atoms with E-state index in [9.17, 15) is 9.59 Å². The molecule has 5 heteroatoms. The van der Waals surface area contributed by atoms with Gasteiger partial charge < -0.3 is 10.3 Å². The third-order valence-corrected chi connectivity index (χ3v) is 3.55. The molecule has 19 heavy (non-hydrogen) atoms. The fraction of sp³-hybridized carbons (Fsp3) is 0.286. The Morgan fingerprint density at radius 3 is 2.95 bits per heavy atom. The van der Waals surface area contributed by atoms with Crippen LogP contribution in [0.3, 0.4) is 0 Å². The largest absolute Gasteiger partial charge is 0.359 e. The first-order valence-electron chi connectivity index (χ1n) is 6.23. The van der Waals surface area contributed by atoms with Crippen LogP contribution in [0, 0.1) is 0 Å². The number of carbonyl (C=O) groups is 1. The number of pyridine rings is 1. The van der Waals surface area contributed by atoms with Gasteiger partial charge in [0.25, 0.3) is 0 Å². The standard InChI is InChI=1S/C14H15BrN2O2/c1-2-3-7-12(18)17-11-8-16-10-6-4-5-9(15)13(10)14(11)19/h4-6,8H,2-3,7H2,1H3,(H,16,19)(H,17,18). The number of carbonyl (C=O) groups excluding carboxylic acids is 1. The molecule has 0 aliphatic carbocycles. The third-order valence-electron chi connectivity index (χ3n) is 2.89. The lowest BCUT2D eigenvalue weighted by Crippen LogP contribution is -2.18. The van der Waals surface area contributed by atoms with Gasteiger partial charge in [-0.2, -0.15) is 0 Å². The topological polar surface area (TPSA) is 62.0 Å². The van der Waals surface area contributed by atoms with Crippen LogP contribution >= 0.6 is 15.9 Å². The van der Waals surface area contributed by atoms with Gasteiger partial charge in [-0.05, 0) is 34.5 Å². The number of amides is 1. The molecule has 0 fully saturated rings. The number of fused-ring (bicyclic) bond motifs is 1. The van der Waals surface area contributed by atoms with E-state index in [0.29, 0.717) is 17.5 Å². The zero-order valence-corrected chi connectivity index (χ0v) is 12.2. The second-order valence-corrected chi connectivity index (χ2v) is 5.20. The number of nitrogens with one attached hydrogen (secondary N) is 2. The molecule has 1 aromatic carbocycles. The van der Waals surface area contributed by atoms with Crippen molar-refractivity contribution in [2.75, 3.05) is 5.32 Å². The molecule has 2 rings (SSSR count). The number of hydrogen-bond donors (Lipinski definition) is 2. The van der Waals surface area contributed by atoms with Crippen LogP contribution < -0.4 is 10.7 Å². The number of aromatic nitrogens is 1. The molecule has 0 aliphatic heterocycles. The predicted octanol–water partition coefficient (Wildman–Crippen LogP) is 3.42. The van der Waals surface area contributed by atoms with E-state index in [4.69, 9.17) is 0 Å². The van der Waals surface area contributed by atoms with Crippen molar-refractivity contribution < 1.29 is 4.79 Å². The smallest absolute Gasteiger partial charge is 0.224 e. The lowest BCUT2D eigenvalue weighted by atomic mass is 10.2. The molecule has 1 aromatic heterocycles. The molecule has 0 unspecified atom stereocenters. The Labute approximate surface area is 119 Å². The first kappa shape index (κ1) is 13.8. The quantitative estimate of drug-likeness (QED) is 0.906. The fourth-order valence-corrected chi connectivity index (χ4v) is 2.41. The van der Waals surface area contributed by atoms with Crippen molar-refractivity contribution in [3.05, 3.63) is 39.1 Å². The van der Waals surface area contributed by atoms with E-state index in [1.807, 2.05) is 19.1 Å². The van der Waals surface area contributed by atoms with Crippen LogP contribution in [0.15, 0.2) is 33.7 Å². The van der Waals surface area contributed by atoms with Crippen LogP contribution in [-0.4, -0.2) is 10.9 Å². The Morgan fingerprint density at radius 1 is 1.42 bits per heavy atom. The second kappa shape index (κ2) is 6.02. The van der Waals surface area contributed by atoms with Crippen LogP contribution in [0.25, 0.3) is 10.9 Å². The second-order valence-electron chi connectivity index (χ2n) is 4.35. The molecule has 4 nitrogen and oxygen atoms in total. The minimum Gasteiger partial charge on any atom is -0.359 e. The number of unbranched alkanes of at least 4 members (excludes halogenated alkanes) is 1. The SMILES string of the molecule is CCCCC(=O)Nc1c[nH]c2cccc(Br)c2c1=O. The Balaban J connectivity index is 2.35. The van der Waals surface area contributed by atoms with Gasteiger partial charge in [0.1, 0.15) is 5.69 Å². The van der Waals surface area contributed by atoms with Crippen molar-refractivity contribution in [1.82, 2.24) is 4.98 Å². The summed E-state index contributed by atoms with van der Waals surface area (Å²) in [4.78, 5) is 27.0. The van der Waals surface area contributed by atoms with E-state index < -0.39 is 0 Å². The van der Waals surface area contributed by atoms with E-state index in [1.54, 1.807) is 12.3 Å². The maximum atomic E-state index is 12.3. The molecule has 100 valence electrons. The lowest BCUT2D eigenvalue weighted by molar-refractivity contribution is -0.116. The van der Waals surface area contributed by atoms with Gasteiger partial charge >= 0.3 is 0 Å². The van der Waals surface area contributed by atoms with Crippen LogP contribution in [-0.2, 0) is 4.79 Å². The first-order valence-corrected chi connectivity index (χ1v) is 7.02. The summed E-state index contributed by atoms with van der Waals surface area (Å²) in [5.41, 5.74) is 0.859. The van der Waals surface area contributed by atoms with Crippen molar-refractivity contribution in [3.63, 3.8) is 0 Å². The monoisotopic (exact) mass is 322 g/mol. The van der Waals surface area contributed by atoms with Crippen LogP contribution in [0.5, 0.6) is 0 Å². The van der Waals surface area contributed by atoms with Crippen LogP contribution in [0.2, 0.25) is 0 Å². The normalized spacial score (nSPS) is 10.6. The van der Waals surface area contributed by atoms with Gasteiger partial charge in [0, 0.05) is 17.1 Å². The molecule has 0 saturated heterocycles. The van der Waals surface area contributed by atoms with Gasteiger partial charge in [0.2, 0.25) is 11.3 Å². The van der Waals surface area contributed by atoms with E-state index >= 15 is 0 Å². The molecule has 0 atom stereocenters. The van der Waals surface area contributed by atoms with Gasteiger partial charge in [-0.25, -0.2) is 0 Å². The number of hydrogen-bond acceptors (Lipinski definition) is 2. The Hall–Kier alpha value is -1.62. The van der Waals surface area contributed by atoms with Crippen molar-refractivity contribution in [3.8, 4) is 0 Å². The van der Waals surface area contributed by atoms with Gasteiger partial charge in [-0.3, -0.25) is 9.59 Å². The lowest BCUT2D eigenvalue weighted by Gasteiger charge is -2.06. The molecular weight excluding hydrogens is 308 g/mol. The van der Waals surface area contributed by atoms with Gasteiger partial charge in [-0.1, -0.05) is 19.4 Å². The maximum absolute atomic E-state index is 12.3. The highest BCUT2D eigenvalue weighted by molar-refractivity contribution is 9.10. The molecule has 0 radical (unpaired) electrons. The van der Waals surface area contributed by atoms with Crippen molar-refractivity contribution in [2.45, 2.75) is 26.2 Å². The summed E-state index contributed by atoms with van der Waals surface area (Å²) in [7, 11) is 0. The minimum atomic E-state index is -0.175. The predicted molar refractivity (Wildman–Crippen MR) is 80.4 cm³/mol. The number of aromatic amines is 1. The van der Waals surface area contributed by atoms with E-state index in [0.717, 1.165) is 22.8 Å². The third kappa shape index (κ3) is 3.04. The summed E-state index contributed by atoms with van der Waals surface area (Å²) in [5.74, 6) is -0.126. The summed E-state index contributed by atoms with van der Waals surface area (Å²) < 4.78 is 0.718. The maximum Gasteiger partial charge on any atom is 0.224 e. The van der Waals surface area contributed by atoms with Crippen LogP contribution in [0.4, 0.5) is 5.69 Å². The van der Waals surface area contributed by atoms with E-state index in [1.165, 1.54) is 0 Å². The Morgan fingerprint density at radius 2 is 2.21 bits per heavy atom. The molecule has 1 amide bonds. The number of H-pyrrole nitrogens is 1. The molecule has 2 aromatic rings. The average molecular weight is 323 g/mol. The van der Waals surface area contributed by atoms with E-state index in [-0.39, 0.29) is 11.3 Å². The van der Waals surface area contributed by atoms with Gasteiger partial charge in [0.15, 0.2) is 0 Å². The molecule has 0 bridgehead atoms. The van der Waals surface area contributed by atoms with Gasteiger partial charge in [0.05, 0.1) is 10.9 Å². The van der Waals surface area contributed by atoms with Gasteiger partial charge in [-0.15, -0.1) is 0 Å². The summed E-state index contributed by atoms with van der Waals surface area (Å²) in [5, 5.41) is 3.21. The average Bonchev–Trinajstić information content (AvgIpc) is 2.40. The van der Waals surface area contributed by atoms with Crippen molar-refractivity contribution in [2.24, 2.45) is 0 Å². The number of anilines is 1. The van der Waals surface area contributed by atoms with Crippen molar-refractivity contribution >= 4 is 38.4 Å². The summed E-state index contributed by atoms with van der Waals surface area (Å²) in [6.45, 7) is 2.02. The minimum absolute atomic E-state index is 0.126. The van der Waals surface area contributed by atoms with Crippen molar-refractivity contribution in [1.29, 1.82) is 0 Å². The highest BCUT2D eigenvalue weighted by atomic mass is 79.9. The fourth-order valence-electron chi connectivity index (χ4n) is 1.87. The molecule has 0 spiro atoms.